The number of nitrogens with zero attached hydrogens (tertiary/aromatic N) is 1. The molecule has 1 aliphatic rings. The van der Waals surface area contributed by atoms with Gasteiger partial charge in [0.15, 0.2) is 0 Å². The third-order valence-electron chi connectivity index (χ3n) is 3.16. The van der Waals surface area contributed by atoms with Crippen molar-refractivity contribution >= 4 is 0 Å². The summed E-state index contributed by atoms with van der Waals surface area (Å²) in [5.74, 6) is 0. The molecular weight excluding hydrogens is 230 g/mol. The Balaban J connectivity index is 2.22. The summed E-state index contributed by atoms with van der Waals surface area (Å²) in [7, 11) is 1.71. The van der Waals surface area contributed by atoms with Crippen molar-refractivity contribution in [2.24, 2.45) is 5.73 Å². The second-order valence-corrected chi connectivity index (χ2v) is 4.27. The molecule has 0 aromatic rings. The van der Waals surface area contributed by atoms with Crippen LogP contribution in [-0.4, -0.2) is 63.4 Å². The van der Waals surface area contributed by atoms with Crippen molar-refractivity contribution in [1.82, 2.24) is 4.90 Å². The molecule has 0 radical (unpaired) electrons. The first kappa shape index (κ1) is 14.8. The van der Waals surface area contributed by atoms with E-state index in [9.17, 15) is 8.78 Å². The van der Waals surface area contributed by atoms with Crippen molar-refractivity contribution in [1.29, 1.82) is 0 Å². The third-order valence-corrected chi connectivity index (χ3v) is 3.16. The number of halogens is 2. The largest absolute Gasteiger partial charge is 0.381 e. The fraction of sp³-hybridized carbons (Fsp3) is 1.00. The van der Waals surface area contributed by atoms with Crippen LogP contribution in [0, 0.1) is 0 Å². The zero-order valence-corrected chi connectivity index (χ0v) is 10.3. The van der Waals surface area contributed by atoms with Gasteiger partial charge in [0.1, 0.15) is 6.61 Å². The molecular formula is C11H22F2N2O2. The van der Waals surface area contributed by atoms with Gasteiger partial charge in [-0.2, -0.15) is 0 Å². The molecule has 0 aliphatic carbocycles. The molecule has 102 valence electrons. The predicted octanol–water partition coefficient (Wildman–Crippen LogP) is 0.706. The maximum absolute atomic E-state index is 11.9. The van der Waals surface area contributed by atoms with Gasteiger partial charge in [-0.05, 0) is 12.8 Å². The summed E-state index contributed by atoms with van der Waals surface area (Å²) in [6.45, 7) is 1.96. The summed E-state index contributed by atoms with van der Waals surface area (Å²) in [4.78, 5) is 2.20. The third kappa shape index (κ3) is 5.25. The Bertz CT molecular complexity index is 208. The molecule has 2 N–H and O–H groups in total. The van der Waals surface area contributed by atoms with Crippen LogP contribution < -0.4 is 5.73 Å². The van der Waals surface area contributed by atoms with E-state index >= 15 is 0 Å². The molecule has 0 bridgehead atoms. The molecule has 0 spiro atoms. The minimum absolute atomic E-state index is 0.266. The lowest BCUT2D eigenvalue weighted by Gasteiger charge is -2.38. The van der Waals surface area contributed by atoms with E-state index < -0.39 is 13.0 Å². The quantitative estimate of drug-likeness (QED) is 0.678. The second-order valence-electron chi connectivity index (χ2n) is 4.27. The van der Waals surface area contributed by atoms with Gasteiger partial charge in [0.2, 0.25) is 0 Å². The van der Waals surface area contributed by atoms with E-state index in [1.807, 2.05) is 0 Å². The molecule has 4 nitrogen and oxygen atoms in total. The first-order chi connectivity index (χ1) is 8.17. The number of ether oxygens (including phenoxy) is 2. The van der Waals surface area contributed by atoms with Crippen LogP contribution in [0.15, 0.2) is 0 Å². The molecule has 1 saturated heterocycles. The molecule has 1 rings (SSSR count). The molecule has 1 fully saturated rings. The van der Waals surface area contributed by atoms with Crippen LogP contribution in [0.2, 0.25) is 0 Å². The molecule has 17 heavy (non-hydrogen) atoms. The average Bonchev–Trinajstić information content (AvgIpc) is 2.34. The zero-order valence-electron chi connectivity index (χ0n) is 10.3. The van der Waals surface area contributed by atoms with E-state index in [-0.39, 0.29) is 12.1 Å². The van der Waals surface area contributed by atoms with Crippen molar-refractivity contribution in [3.63, 3.8) is 0 Å². The maximum Gasteiger partial charge on any atom is 0.261 e. The number of piperidine rings is 1. The molecule has 1 aliphatic heterocycles. The minimum Gasteiger partial charge on any atom is -0.381 e. The topological polar surface area (TPSA) is 47.7 Å². The highest BCUT2D eigenvalue weighted by atomic mass is 19.3. The van der Waals surface area contributed by atoms with E-state index in [1.165, 1.54) is 0 Å². The molecule has 0 amide bonds. The summed E-state index contributed by atoms with van der Waals surface area (Å²) < 4.78 is 33.9. The normalized spacial score (nSPS) is 26.6. The Morgan fingerprint density at radius 3 is 2.82 bits per heavy atom. The van der Waals surface area contributed by atoms with Gasteiger partial charge in [-0.15, -0.1) is 0 Å². The molecule has 2 atom stereocenters. The lowest BCUT2D eigenvalue weighted by molar-refractivity contribution is -0.0167. The number of likely N-dealkylation sites (tertiary alicyclic amines) is 1. The van der Waals surface area contributed by atoms with Crippen molar-refractivity contribution in [3.05, 3.63) is 0 Å². The summed E-state index contributed by atoms with van der Waals surface area (Å²) in [6.07, 6.45) is -0.259. The van der Waals surface area contributed by atoms with E-state index in [0.29, 0.717) is 19.7 Å². The number of methoxy groups -OCH3 is 1. The number of hydrogen-bond donors (Lipinski definition) is 1. The average molecular weight is 252 g/mol. The molecule has 0 saturated carbocycles. The minimum atomic E-state index is -2.39. The van der Waals surface area contributed by atoms with Gasteiger partial charge in [-0.3, -0.25) is 4.90 Å². The van der Waals surface area contributed by atoms with Crippen LogP contribution in [0.3, 0.4) is 0 Å². The van der Waals surface area contributed by atoms with Crippen LogP contribution in [0.1, 0.15) is 12.8 Å². The Morgan fingerprint density at radius 2 is 2.24 bits per heavy atom. The molecule has 0 aromatic heterocycles. The Hall–Kier alpha value is -0.300. The summed E-state index contributed by atoms with van der Waals surface area (Å²) in [5, 5.41) is 0. The Kier molecular flexibility index (Phi) is 6.87. The molecule has 2 unspecified atom stereocenters. The second kappa shape index (κ2) is 7.92. The molecule has 0 aromatic carbocycles. The van der Waals surface area contributed by atoms with Crippen LogP contribution in [-0.2, 0) is 9.47 Å². The van der Waals surface area contributed by atoms with Crippen molar-refractivity contribution in [3.8, 4) is 0 Å². The number of rotatable bonds is 7. The van der Waals surface area contributed by atoms with Gasteiger partial charge in [0.25, 0.3) is 6.43 Å². The fourth-order valence-electron chi connectivity index (χ4n) is 2.17. The zero-order chi connectivity index (χ0) is 12.7. The van der Waals surface area contributed by atoms with Gasteiger partial charge in [0, 0.05) is 32.8 Å². The van der Waals surface area contributed by atoms with Crippen LogP contribution >= 0.6 is 0 Å². The SMILES string of the molecule is COC1CCN(CCOCC(F)F)C(CN)C1. The summed E-state index contributed by atoms with van der Waals surface area (Å²) >= 11 is 0. The highest BCUT2D eigenvalue weighted by molar-refractivity contribution is 4.82. The Morgan fingerprint density at radius 1 is 1.47 bits per heavy atom. The predicted molar refractivity (Wildman–Crippen MR) is 61.3 cm³/mol. The van der Waals surface area contributed by atoms with Crippen LogP contribution in [0.5, 0.6) is 0 Å². The number of alkyl halides is 2. The Labute approximate surface area is 101 Å². The van der Waals surface area contributed by atoms with Gasteiger partial charge in [-0.25, -0.2) is 8.78 Å². The lowest BCUT2D eigenvalue weighted by Crippen LogP contribution is -2.49. The first-order valence-corrected chi connectivity index (χ1v) is 6.00. The smallest absolute Gasteiger partial charge is 0.261 e. The van der Waals surface area contributed by atoms with E-state index in [4.69, 9.17) is 15.2 Å². The standard InChI is InChI=1S/C11H22F2N2O2/c1-16-10-2-3-15(9(6-10)7-14)4-5-17-8-11(12)13/h9-11H,2-8,14H2,1H3. The van der Waals surface area contributed by atoms with Gasteiger partial charge >= 0.3 is 0 Å². The van der Waals surface area contributed by atoms with Crippen molar-refractivity contribution in [2.75, 3.05) is 40.0 Å². The van der Waals surface area contributed by atoms with Crippen LogP contribution in [0.4, 0.5) is 8.78 Å². The maximum atomic E-state index is 11.9. The monoisotopic (exact) mass is 252 g/mol. The molecule has 1 heterocycles. The van der Waals surface area contributed by atoms with E-state index in [0.717, 1.165) is 19.4 Å². The number of nitrogens with two attached hydrogens (primary N) is 1. The van der Waals surface area contributed by atoms with Crippen molar-refractivity contribution in [2.45, 2.75) is 31.4 Å². The van der Waals surface area contributed by atoms with Gasteiger partial charge in [0.05, 0.1) is 12.7 Å². The first-order valence-electron chi connectivity index (χ1n) is 6.00. The van der Waals surface area contributed by atoms with E-state index in [2.05, 4.69) is 4.90 Å². The summed E-state index contributed by atoms with van der Waals surface area (Å²) in [5.41, 5.74) is 5.70. The molecule has 6 heteroatoms. The lowest BCUT2D eigenvalue weighted by atomic mass is 9.99. The van der Waals surface area contributed by atoms with Crippen molar-refractivity contribution < 1.29 is 18.3 Å². The highest BCUT2D eigenvalue weighted by Crippen LogP contribution is 2.18. The van der Waals surface area contributed by atoms with E-state index in [1.54, 1.807) is 7.11 Å². The van der Waals surface area contributed by atoms with Crippen LogP contribution in [0.25, 0.3) is 0 Å². The number of hydrogen-bond acceptors (Lipinski definition) is 4. The summed E-state index contributed by atoms with van der Waals surface area (Å²) in [6, 6.07) is 0.267. The van der Waals surface area contributed by atoms with Gasteiger partial charge in [-0.1, -0.05) is 0 Å². The fourth-order valence-corrected chi connectivity index (χ4v) is 2.17. The highest BCUT2D eigenvalue weighted by Gasteiger charge is 2.26. The van der Waals surface area contributed by atoms with Gasteiger partial charge < -0.3 is 15.2 Å².